The van der Waals surface area contributed by atoms with Gasteiger partial charge in [-0.15, -0.1) is 38.2 Å². The summed E-state index contributed by atoms with van der Waals surface area (Å²) < 4.78 is 1.85. The van der Waals surface area contributed by atoms with Crippen LogP contribution in [0.1, 0.15) is 66.2 Å². The Labute approximate surface area is 170 Å². The SMILES string of the molecule is CC1=C(C)C[C-]=C1.CC1=[C-]C(C)C=C1.Cl.Cl.[Hf+2]=[C]1CCCCC1. The zero-order valence-corrected chi connectivity index (χ0v) is 20.1. The van der Waals surface area contributed by atoms with E-state index in [1.807, 2.05) is 3.26 Å². The number of rotatable bonds is 0. The van der Waals surface area contributed by atoms with Crippen LogP contribution in [0.5, 0.6) is 0 Å². The molecular weight excluding hydrogens is 490 g/mol. The molecule has 1 atom stereocenters. The van der Waals surface area contributed by atoms with Gasteiger partial charge in [0.25, 0.3) is 0 Å². The summed E-state index contributed by atoms with van der Waals surface area (Å²) >= 11 is 1.37. The van der Waals surface area contributed by atoms with Crippen LogP contribution in [0.15, 0.2) is 34.9 Å². The first-order valence-electron chi connectivity index (χ1n) is 8.06. The van der Waals surface area contributed by atoms with E-state index in [0.717, 1.165) is 6.42 Å². The van der Waals surface area contributed by atoms with Crippen molar-refractivity contribution >= 4 is 28.1 Å². The van der Waals surface area contributed by atoms with Crippen molar-refractivity contribution < 1.29 is 23.9 Å². The maximum absolute atomic E-state index is 3.22. The molecular formula is C20H30Cl2Hf. The van der Waals surface area contributed by atoms with Crippen LogP contribution in [-0.2, 0) is 23.9 Å². The van der Waals surface area contributed by atoms with Gasteiger partial charge in [-0.25, -0.2) is 23.3 Å². The van der Waals surface area contributed by atoms with E-state index in [1.54, 1.807) is 0 Å². The maximum atomic E-state index is 3.22. The second kappa shape index (κ2) is 14.6. The van der Waals surface area contributed by atoms with Gasteiger partial charge in [-0.1, -0.05) is 26.7 Å². The third-order valence-corrected chi connectivity index (χ3v) is 5.70. The van der Waals surface area contributed by atoms with Gasteiger partial charge in [-0.05, 0) is 0 Å². The quantitative estimate of drug-likeness (QED) is 0.252. The number of allylic oxidation sites excluding steroid dienone is 8. The van der Waals surface area contributed by atoms with Crippen LogP contribution >= 0.6 is 24.8 Å². The van der Waals surface area contributed by atoms with Crippen LogP contribution in [-0.4, -0.2) is 3.26 Å². The molecule has 0 saturated heterocycles. The van der Waals surface area contributed by atoms with Crippen LogP contribution in [0, 0.1) is 18.1 Å². The van der Waals surface area contributed by atoms with Gasteiger partial charge in [-0.2, -0.15) is 11.6 Å². The molecule has 0 nitrogen and oxygen atoms in total. The van der Waals surface area contributed by atoms with E-state index in [0.29, 0.717) is 5.92 Å². The molecule has 1 fully saturated rings. The predicted octanol–water partition coefficient (Wildman–Crippen LogP) is 6.54. The molecule has 0 aromatic heterocycles. The van der Waals surface area contributed by atoms with Crippen LogP contribution in [0.2, 0.25) is 0 Å². The van der Waals surface area contributed by atoms with Gasteiger partial charge in [0.2, 0.25) is 0 Å². The van der Waals surface area contributed by atoms with E-state index in [4.69, 9.17) is 0 Å². The second-order valence-corrected chi connectivity index (χ2v) is 8.67. The normalized spacial score (nSPS) is 21.4. The average Bonchev–Trinajstić information content (AvgIpc) is 3.01. The van der Waals surface area contributed by atoms with Crippen molar-refractivity contribution in [1.29, 1.82) is 0 Å². The van der Waals surface area contributed by atoms with Crippen molar-refractivity contribution in [1.82, 2.24) is 0 Å². The van der Waals surface area contributed by atoms with Crippen LogP contribution in [0.25, 0.3) is 0 Å². The van der Waals surface area contributed by atoms with Gasteiger partial charge in [0.15, 0.2) is 0 Å². The van der Waals surface area contributed by atoms with Gasteiger partial charge in [0.1, 0.15) is 0 Å². The van der Waals surface area contributed by atoms with E-state index in [-0.39, 0.29) is 24.8 Å². The Morgan fingerprint density at radius 1 is 1.04 bits per heavy atom. The molecule has 1 saturated carbocycles. The van der Waals surface area contributed by atoms with Crippen molar-refractivity contribution in [2.45, 2.75) is 66.2 Å². The molecule has 0 aliphatic heterocycles. The Kier molecular flexibility index (Phi) is 16.2. The first kappa shape index (κ1) is 25.5. The molecule has 0 N–H and O–H groups in total. The summed E-state index contributed by atoms with van der Waals surface area (Å²) in [6.45, 7) is 8.47. The summed E-state index contributed by atoms with van der Waals surface area (Å²) in [5.41, 5.74) is 4.12. The van der Waals surface area contributed by atoms with E-state index >= 15 is 0 Å². The molecule has 3 aliphatic rings. The molecule has 0 aromatic carbocycles. The molecule has 0 radical (unpaired) electrons. The van der Waals surface area contributed by atoms with Crippen molar-refractivity contribution in [3.8, 4) is 0 Å². The Bertz CT molecular complexity index is 462. The standard InChI is InChI=1S/2C7H9.C6H10.2ClH.Hf/c1-6-3-4-7(2)5-6;1-6-4-3-5-7(6)2;1-2-4-6-5-3-1;;;/h3-4,6H,1-2H3;4H,5H2,1-2H3;1-5H2;2*1H;/q2*-1;;;;+2. The Morgan fingerprint density at radius 3 is 1.83 bits per heavy atom. The molecule has 0 spiro atoms. The van der Waals surface area contributed by atoms with E-state index in [2.05, 4.69) is 58.1 Å². The predicted molar refractivity (Wildman–Crippen MR) is 104 cm³/mol. The van der Waals surface area contributed by atoms with Crippen molar-refractivity contribution in [2.24, 2.45) is 5.92 Å². The first-order chi connectivity index (χ1) is 9.99. The molecule has 1 unspecified atom stereocenters. The first-order valence-corrected chi connectivity index (χ1v) is 9.86. The molecule has 0 amide bonds. The third-order valence-electron chi connectivity index (χ3n) is 3.91. The summed E-state index contributed by atoms with van der Waals surface area (Å²) in [5, 5.41) is 0. The van der Waals surface area contributed by atoms with Gasteiger partial charge < -0.3 is 0 Å². The molecule has 0 aromatic rings. The van der Waals surface area contributed by atoms with Crippen molar-refractivity contribution in [2.75, 3.05) is 0 Å². The van der Waals surface area contributed by atoms with Gasteiger partial charge >= 0.3 is 59.3 Å². The Balaban J connectivity index is 0. The van der Waals surface area contributed by atoms with Gasteiger partial charge in [-0.3, -0.25) is 12.2 Å². The summed E-state index contributed by atoms with van der Waals surface area (Å²) in [7, 11) is 0. The molecule has 3 rings (SSSR count). The second-order valence-electron chi connectivity index (χ2n) is 6.13. The Morgan fingerprint density at radius 2 is 1.65 bits per heavy atom. The fourth-order valence-electron chi connectivity index (χ4n) is 2.34. The molecule has 3 aliphatic carbocycles. The minimum atomic E-state index is 0. The number of hydrogen-bond acceptors (Lipinski definition) is 0. The van der Waals surface area contributed by atoms with Crippen molar-refractivity contribution in [3.05, 3.63) is 47.1 Å². The zero-order valence-electron chi connectivity index (χ0n) is 14.9. The third kappa shape index (κ3) is 12.3. The van der Waals surface area contributed by atoms with Crippen LogP contribution in [0.4, 0.5) is 0 Å². The summed E-state index contributed by atoms with van der Waals surface area (Å²) in [4.78, 5) is 0. The van der Waals surface area contributed by atoms with Crippen LogP contribution in [0.3, 0.4) is 0 Å². The van der Waals surface area contributed by atoms with Crippen LogP contribution < -0.4 is 0 Å². The average molecular weight is 520 g/mol. The molecule has 0 heterocycles. The number of halogens is 2. The fraction of sp³-hybridized carbons (Fsp3) is 0.550. The van der Waals surface area contributed by atoms with E-state index in [9.17, 15) is 0 Å². The number of hydrogen-bond donors (Lipinski definition) is 0. The zero-order chi connectivity index (χ0) is 15.7. The molecule has 128 valence electrons. The summed E-state index contributed by atoms with van der Waals surface area (Å²) in [6, 6.07) is 0. The minimum absolute atomic E-state index is 0. The van der Waals surface area contributed by atoms with E-state index in [1.165, 1.54) is 72.7 Å². The Hall–Kier alpha value is 0.280. The van der Waals surface area contributed by atoms with E-state index < -0.39 is 0 Å². The topological polar surface area (TPSA) is 0 Å². The summed E-state index contributed by atoms with van der Waals surface area (Å²) in [6.07, 6.45) is 21.1. The fourth-order valence-corrected chi connectivity index (χ4v) is 3.61. The van der Waals surface area contributed by atoms with Gasteiger partial charge in [0.05, 0.1) is 0 Å². The summed E-state index contributed by atoms with van der Waals surface area (Å²) in [5.74, 6) is 0.556. The molecule has 23 heavy (non-hydrogen) atoms. The van der Waals surface area contributed by atoms with Gasteiger partial charge in [0, 0.05) is 0 Å². The monoisotopic (exact) mass is 520 g/mol. The van der Waals surface area contributed by atoms with Crippen molar-refractivity contribution in [3.63, 3.8) is 0 Å². The molecule has 0 bridgehead atoms. The molecule has 3 heteroatoms.